The van der Waals surface area contributed by atoms with Crippen molar-refractivity contribution in [2.45, 2.75) is 0 Å². The van der Waals surface area contributed by atoms with Crippen LogP contribution in [-0.4, -0.2) is 15.1 Å². The molecule has 0 radical (unpaired) electrons. The predicted octanol–water partition coefficient (Wildman–Crippen LogP) is 4.54. The van der Waals surface area contributed by atoms with Crippen molar-refractivity contribution in [2.75, 3.05) is 0 Å². The molecule has 1 heterocycles. The molecule has 0 saturated carbocycles. The van der Waals surface area contributed by atoms with Gasteiger partial charge in [-0.1, -0.05) is 12.1 Å². The Kier molecular flexibility index (Phi) is 3.67. The zero-order valence-corrected chi connectivity index (χ0v) is 13.1. The van der Waals surface area contributed by atoms with E-state index in [1.165, 1.54) is 6.07 Å². The van der Waals surface area contributed by atoms with Crippen molar-refractivity contribution in [2.24, 2.45) is 0 Å². The number of rotatable bonds is 3. The minimum absolute atomic E-state index is 0.0864. The fraction of sp³-hybridized carbons (Fsp3) is 0. The summed E-state index contributed by atoms with van der Waals surface area (Å²) >= 11 is 8.86. The standard InChI is InChI=1S/C14H6BrClN2O4/c15-10-4-2-1-3-8(10)14-17-11-6-7(18(20)21)5-9(13(16)19)12(11)22-14/h1-6H. The van der Waals surface area contributed by atoms with Crippen LogP contribution in [0.1, 0.15) is 10.4 Å². The Bertz CT molecular complexity index is 922. The van der Waals surface area contributed by atoms with Gasteiger partial charge < -0.3 is 4.42 Å². The topological polar surface area (TPSA) is 86.2 Å². The monoisotopic (exact) mass is 380 g/mol. The third-order valence-electron chi connectivity index (χ3n) is 3.00. The Hall–Kier alpha value is -2.25. The Morgan fingerprint density at radius 2 is 2.05 bits per heavy atom. The molecule has 0 aliphatic rings. The molecule has 110 valence electrons. The quantitative estimate of drug-likeness (QED) is 0.377. The summed E-state index contributed by atoms with van der Waals surface area (Å²) in [5.74, 6) is 0.238. The van der Waals surface area contributed by atoms with Gasteiger partial charge in [-0.3, -0.25) is 14.9 Å². The van der Waals surface area contributed by atoms with Crippen LogP contribution in [0.3, 0.4) is 0 Å². The molecule has 8 heteroatoms. The normalized spacial score (nSPS) is 10.8. The number of fused-ring (bicyclic) bond motifs is 1. The van der Waals surface area contributed by atoms with Gasteiger partial charge in [0.1, 0.15) is 5.52 Å². The number of carbonyl (C=O) groups is 1. The molecule has 22 heavy (non-hydrogen) atoms. The number of nitro benzene ring substituents is 1. The summed E-state index contributed by atoms with van der Waals surface area (Å²) in [4.78, 5) is 26.0. The van der Waals surface area contributed by atoms with E-state index < -0.39 is 10.2 Å². The van der Waals surface area contributed by atoms with Crippen LogP contribution < -0.4 is 0 Å². The minimum Gasteiger partial charge on any atom is -0.435 e. The number of nitro groups is 1. The first kappa shape index (κ1) is 14.7. The van der Waals surface area contributed by atoms with Crippen molar-refractivity contribution in [3.63, 3.8) is 0 Å². The molecule has 0 bridgehead atoms. The SMILES string of the molecule is O=C(Cl)c1cc([N+](=O)[O-])cc2nc(-c3ccccc3Br)oc12. The van der Waals surface area contributed by atoms with E-state index in [9.17, 15) is 14.9 Å². The Balaban J connectivity index is 2.29. The third kappa shape index (κ3) is 2.49. The second-order valence-electron chi connectivity index (χ2n) is 4.37. The molecule has 0 aliphatic carbocycles. The average Bonchev–Trinajstić information content (AvgIpc) is 2.89. The first-order valence-electron chi connectivity index (χ1n) is 6.01. The number of carbonyl (C=O) groups excluding carboxylic acids is 1. The van der Waals surface area contributed by atoms with Gasteiger partial charge in [0, 0.05) is 16.6 Å². The maximum atomic E-state index is 11.5. The number of non-ortho nitro benzene ring substituents is 1. The van der Waals surface area contributed by atoms with Crippen molar-refractivity contribution in [3.8, 4) is 11.5 Å². The molecule has 0 spiro atoms. The smallest absolute Gasteiger partial charge is 0.272 e. The van der Waals surface area contributed by atoms with E-state index in [4.69, 9.17) is 16.0 Å². The molecule has 0 unspecified atom stereocenters. The zero-order valence-electron chi connectivity index (χ0n) is 10.7. The Labute approximate surface area is 137 Å². The minimum atomic E-state index is -0.844. The van der Waals surface area contributed by atoms with Gasteiger partial charge in [0.15, 0.2) is 5.58 Å². The predicted molar refractivity (Wildman–Crippen MR) is 84.0 cm³/mol. The number of hydrogen-bond donors (Lipinski definition) is 0. The van der Waals surface area contributed by atoms with Crippen LogP contribution in [0, 0.1) is 10.1 Å². The van der Waals surface area contributed by atoms with Gasteiger partial charge >= 0.3 is 0 Å². The molecular formula is C14H6BrClN2O4. The van der Waals surface area contributed by atoms with Crippen LogP contribution in [-0.2, 0) is 0 Å². The van der Waals surface area contributed by atoms with Crippen molar-refractivity contribution < 1.29 is 14.1 Å². The second-order valence-corrected chi connectivity index (χ2v) is 5.57. The van der Waals surface area contributed by atoms with Gasteiger partial charge in [-0.15, -0.1) is 0 Å². The first-order chi connectivity index (χ1) is 10.5. The van der Waals surface area contributed by atoms with Crippen LogP contribution in [0.5, 0.6) is 0 Å². The van der Waals surface area contributed by atoms with Crippen molar-refractivity contribution >= 4 is 49.6 Å². The maximum absolute atomic E-state index is 11.5. The molecule has 0 atom stereocenters. The lowest BCUT2D eigenvalue weighted by atomic mass is 10.2. The first-order valence-corrected chi connectivity index (χ1v) is 7.18. The number of halogens is 2. The fourth-order valence-corrected chi connectivity index (χ4v) is 2.61. The van der Waals surface area contributed by atoms with Crippen LogP contribution >= 0.6 is 27.5 Å². The molecule has 0 aliphatic heterocycles. The molecule has 0 fully saturated rings. The van der Waals surface area contributed by atoms with Crippen molar-refractivity contribution in [1.29, 1.82) is 0 Å². The van der Waals surface area contributed by atoms with E-state index in [0.29, 0.717) is 5.56 Å². The van der Waals surface area contributed by atoms with Crippen LogP contribution in [0.15, 0.2) is 45.3 Å². The van der Waals surface area contributed by atoms with Crippen molar-refractivity contribution in [3.05, 3.63) is 56.5 Å². The number of oxazole rings is 1. The molecule has 6 nitrogen and oxygen atoms in total. The Morgan fingerprint density at radius 1 is 1.32 bits per heavy atom. The molecule has 0 amide bonds. The van der Waals surface area contributed by atoms with Gasteiger partial charge in [0.05, 0.1) is 16.1 Å². The van der Waals surface area contributed by atoms with E-state index in [0.717, 1.165) is 10.5 Å². The highest BCUT2D eigenvalue weighted by atomic mass is 79.9. The molecule has 1 aromatic heterocycles. The summed E-state index contributed by atoms with van der Waals surface area (Å²) in [5.41, 5.74) is 0.620. The molecule has 2 aromatic carbocycles. The summed E-state index contributed by atoms with van der Waals surface area (Å²) in [5, 5.41) is 10.1. The summed E-state index contributed by atoms with van der Waals surface area (Å²) in [6.45, 7) is 0. The second kappa shape index (κ2) is 5.51. The van der Waals surface area contributed by atoms with Gasteiger partial charge in [-0.25, -0.2) is 4.98 Å². The highest BCUT2D eigenvalue weighted by molar-refractivity contribution is 9.10. The molecular weight excluding hydrogens is 376 g/mol. The lowest BCUT2D eigenvalue weighted by Gasteiger charge is -1.97. The fourth-order valence-electron chi connectivity index (χ4n) is 2.02. The lowest BCUT2D eigenvalue weighted by molar-refractivity contribution is -0.384. The highest BCUT2D eigenvalue weighted by Crippen LogP contribution is 2.33. The van der Waals surface area contributed by atoms with Crippen LogP contribution in [0.4, 0.5) is 5.69 Å². The van der Waals surface area contributed by atoms with E-state index in [1.54, 1.807) is 18.2 Å². The Morgan fingerprint density at radius 3 is 2.68 bits per heavy atom. The number of hydrogen-bond acceptors (Lipinski definition) is 5. The van der Waals surface area contributed by atoms with E-state index in [-0.39, 0.29) is 28.2 Å². The molecule has 3 rings (SSSR count). The lowest BCUT2D eigenvalue weighted by Crippen LogP contribution is -1.94. The molecule has 3 aromatic rings. The average molecular weight is 382 g/mol. The molecule has 0 saturated heterocycles. The summed E-state index contributed by atoms with van der Waals surface area (Å²) in [6, 6.07) is 9.51. The zero-order chi connectivity index (χ0) is 15.9. The summed E-state index contributed by atoms with van der Waals surface area (Å²) < 4.78 is 6.34. The van der Waals surface area contributed by atoms with Gasteiger partial charge in [0.2, 0.25) is 5.89 Å². The molecule has 0 N–H and O–H groups in total. The number of benzene rings is 2. The van der Waals surface area contributed by atoms with E-state index in [2.05, 4.69) is 20.9 Å². The summed E-state index contributed by atoms with van der Waals surface area (Å²) in [6.07, 6.45) is 0. The van der Waals surface area contributed by atoms with Crippen molar-refractivity contribution in [1.82, 2.24) is 4.98 Å². The van der Waals surface area contributed by atoms with Crippen LogP contribution in [0.25, 0.3) is 22.6 Å². The number of aromatic nitrogens is 1. The largest absolute Gasteiger partial charge is 0.435 e. The highest BCUT2D eigenvalue weighted by Gasteiger charge is 2.21. The van der Waals surface area contributed by atoms with E-state index >= 15 is 0 Å². The van der Waals surface area contributed by atoms with Gasteiger partial charge in [-0.2, -0.15) is 0 Å². The third-order valence-corrected chi connectivity index (χ3v) is 3.90. The summed E-state index contributed by atoms with van der Waals surface area (Å²) in [7, 11) is 0. The number of nitrogens with zero attached hydrogens (tertiary/aromatic N) is 2. The van der Waals surface area contributed by atoms with Crippen LogP contribution in [0.2, 0.25) is 0 Å². The van der Waals surface area contributed by atoms with Gasteiger partial charge in [0.25, 0.3) is 10.9 Å². The van der Waals surface area contributed by atoms with Gasteiger partial charge in [-0.05, 0) is 39.7 Å². The maximum Gasteiger partial charge on any atom is 0.272 e. The van der Waals surface area contributed by atoms with E-state index in [1.807, 2.05) is 6.07 Å².